The van der Waals surface area contributed by atoms with E-state index in [9.17, 15) is 18.0 Å². The van der Waals surface area contributed by atoms with Crippen LogP contribution in [0.1, 0.15) is 23.7 Å². The summed E-state index contributed by atoms with van der Waals surface area (Å²) >= 11 is 0. The Morgan fingerprint density at radius 3 is 2.38 bits per heavy atom. The summed E-state index contributed by atoms with van der Waals surface area (Å²) in [5.41, 5.74) is 3.41. The molecule has 2 aromatic carbocycles. The Balaban J connectivity index is 1.81. The molecule has 0 spiro atoms. The van der Waals surface area contributed by atoms with Crippen molar-refractivity contribution in [2.24, 2.45) is 5.84 Å². The molecule has 164 valence electrons. The van der Waals surface area contributed by atoms with Crippen LogP contribution in [0.15, 0.2) is 73.1 Å². The molecule has 6 nitrogen and oxygen atoms in total. The molecule has 32 heavy (non-hydrogen) atoms. The van der Waals surface area contributed by atoms with Gasteiger partial charge in [0.1, 0.15) is 0 Å². The Bertz CT molecular complexity index is 1250. The molecule has 0 aliphatic carbocycles. The molecule has 1 amide bonds. The maximum atomic E-state index is 12.9. The highest BCUT2D eigenvalue weighted by molar-refractivity contribution is 5.88. The molecule has 4 rings (SSSR count). The van der Waals surface area contributed by atoms with Crippen LogP contribution in [0.25, 0.3) is 16.8 Å². The van der Waals surface area contributed by atoms with Crippen LogP contribution < -0.4 is 11.3 Å². The van der Waals surface area contributed by atoms with Gasteiger partial charge in [-0.05, 0) is 42.7 Å². The maximum absolute atomic E-state index is 12.9. The van der Waals surface area contributed by atoms with E-state index < -0.39 is 23.1 Å². The number of carbonyl (C=O) groups is 1. The summed E-state index contributed by atoms with van der Waals surface area (Å²) in [6.07, 6.45) is -0.990. The van der Waals surface area contributed by atoms with Crippen molar-refractivity contribution in [1.82, 2.24) is 20.0 Å². The van der Waals surface area contributed by atoms with Gasteiger partial charge < -0.3 is 0 Å². The second kappa shape index (κ2) is 8.08. The predicted octanol–water partition coefficient (Wildman–Crippen LogP) is 3.91. The lowest BCUT2D eigenvalue weighted by atomic mass is 9.79. The Morgan fingerprint density at radius 1 is 1.06 bits per heavy atom. The summed E-state index contributed by atoms with van der Waals surface area (Å²) in [6, 6.07) is 16.0. The van der Waals surface area contributed by atoms with E-state index in [-0.39, 0.29) is 0 Å². The van der Waals surface area contributed by atoms with Crippen LogP contribution in [0.3, 0.4) is 0 Å². The van der Waals surface area contributed by atoms with Gasteiger partial charge in [0.2, 0.25) is 5.91 Å². The summed E-state index contributed by atoms with van der Waals surface area (Å²) in [5.74, 6) is 5.10. The van der Waals surface area contributed by atoms with Gasteiger partial charge in [-0.1, -0.05) is 42.5 Å². The molecule has 0 bridgehead atoms. The molecule has 0 aliphatic heterocycles. The summed E-state index contributed by atoms with van der Waals surface area (Å²) < 4.78 is 40.3. The summed E-state index contributed by atoms with van der Waals surface area (Å²) in [7, 11) is 0. The number of halogens is 3. The first kappa shape index (κ1) is 21.5. The van der Waals surface area contributed by atoms with Crippen molar-refractivity contribution in [3.05, 3.63) is 89.9 Å². The molecule has 0 fully saturated rings. The minimum Gasteiger partial charge on any atom is -0.293 e. The third kappa shape index (κ3) is 3.82. The second-order valence-electron chi connectivity index (χ2n) is 7.67. The Labute approximate surface area is 181 Å². The quantitative estimate of drug-likeness (QED) is 0.281. The van der Waals surface area contributed by atoms with Crippen molar-refractivity contribution < 1.29 is 18.0 Å². The maximum Gasteiger partial charge on any atom is 0.416 e. The summed E-state index contributed by atoms with van der Waals surface area (Å²) in [4.78, 5) is 17.3. The lowest BCUT2D eigenvalue weighted by molar-refractivity contribution is -0.137. The van der Waals surface area contributed by atoms with E-state index in [2.05, 4.69) is 15.5 Å². The van der Waals surface area contributed by atoms with Gasteiger partial charge >= 0.3 is 6.18 Å². The molecule has 9 heteroatoms. The summed E-state index contributed by atoms with van der Waals surface area (Å²) in [6.45, 7) is 1.76. The van der Waals surface area contributed by atoms with Crippen LogP contribution in [-0.4, -0.2) is 20.5 Å². The Kier molecular flexibility index (Phi) is 5.43. The minimum absolute atomic E-state index is 0.353. The number of alkyl halides is 3. The van der Waals surface area contributed by atoms with Gasteiger partial charge in [0, 0.05) is 11.8 Å². The molecule has 0 aliphatic rings. The molecule has 0 radical (unpaired) electrons. The molecule has 3 N–H and O–H groups in total. The van der Waals surface area contributed by atoms with E-state index in [4.69, 9.17) is 5.84 Å². The zero-order valence-electron chi connectivity index (χ0n) is 17.1. The van der Waals surface area contributed by atoms with Gasteiger partial charge in [0.25, 0.3) is 0 Å². The zero-order chi connectivity index (χ0) is 22.9. The van der Waals surface area contributed by atoms with Gasteiger partial charge in [-0.25, -0.2) is 15.3 Å². The number of amides is 1. The van der Waals surface area contributed by atoms with Crippen molar-refractivity contribution >= 4 is 11.6 Å². The Morgan fingerprint density at radius 2 is 1.75 bits per heavy atom. The van der Waals surface area contributed by atoms with Crippen LogP contribution in [0.2, 0.25) is 0 Å². The number of aromatic nitrogens is 3. The fourth-order valence-electron chi connectivity index (χ4n) is 3.80. The number of hydrazine groups is 1. The van der Waals surface area contributed by atoms with E-state index >= 15 is 0 Å². The fourth-order valence-corrected chi connectivity index (χ4v) is 3.80. The van der Waals surface area contributed by atoms with Crippen molar-refractivity contribution in [2.75, 3.05) is 0 Å². The monoisotopic (exact) mass is 439 g/mol. The highest BCUT2D eigenvalue weighted by atomic mass is 19.4. The van der Waals surface area contributed by atoms with Gasteiger partial charge in [-0.3, -0.25) is 10.2 Å². The number of nitrogens with one attached hydrogen (secondary N) is 1. The van der Waals surface area contributed by atoms with Crippen LogP contribution in [0.5, 0.6) is 0 Å². The number of nitrogens with zero attached hydrogens (tertiary/aromatic N) is 3. The van der Waals surface area contributed by atoms with E-state index in [0.717, 1.165) is 17.7 Å². The van der Waals surface area contributed by atoms with Gasteiger partial charge in [0.15, 0.2) is 5.65 Å². The smallest absolute Gasteiger partial charge is 0.293 e. The van der Waals surface area contributed by atoms with E-state index in [0.29, 0.717) is 28.9 Å². The standard InChI is InChI=1S/C23H20F3N5O/c1-22(21(32)30-27,13-15-5-3-2-4-6-15)19-11-12-28-20-18(14-29-31(19)20)16-7-9-17(10-8-16)23(24,25)26/h2-12,14H,13,27H2,1H3,(H,30,32). The number of nitrogens with two attached hydrogens (primary N) is 1. The van der Waals surface area contributed by atoms with Crippen LogP contribution in [-0.2, 0) is 22.8 Å². The topological polar surface area (TPSA) is 85.3 Å². The average molecular weight is 439 g/mol. The van der Waals surface area contributed by atoms with Crippen molar-refractivity contribution in [3.63, 3.8) is 0 Å². The summed E-state index contributed by atoms with van der Waals surface area (Å²) in [5, 5.41) is 4.40. The first-order valence-corrected chi connectivity index (χ1v) is 9.80. The SMILES string of the molecule is CC(Cc1ccccc1)(C(=O)NN)c1ccnc2c(-c3ccc(C(F)(F)F)cc3)cnn12. The molecule has 1 atom stereocenters. The first-order valence-electron chi connectivity index (χ1n) is 9.80. The molecule has 0 saturated carbocycles. The van der Waals surface area contributed by atoms with E-state index in [1.54, 1.807) is 19.2 Å². The molecule has 2 heterocycles. The third-order valence-electron chi connectivity index (χ3n) is 5.52. The number of hydrogen-bond donors (Lipinski definition) is 2. The minimum atomic E-state index is -4.42. The molecule has 0 saturated heterocycles. The predicted molar refractivity (Wildman–Crippen MR) is 113 cm³/mol. The molecule has 2 aromatic heterocycles. The molecular weight excluding hydrogens is 419 g/mol. The number of rotatable bonds is 5. The fraction of sp³-hybridized carbons (Fsp3) is 0.174. The largest absolute Gasteiger partial charge is 0.416 e. The van der Waals surface area contributed by atoms with Crippen molar-refractivity contribution in [1.29, 1.82) is 0 Å². The molecule has 4 aromatic rings. The van der Waals surface area contributed by atoms with Gasteiger partial charge in [-0.2, -0.15) is 18.3 Å². The zero-order valence-corrected chi connectivity index (χ0v) is 17.1. The van der Waals surface area contributed by atoms with Gasteiger partial charge in [-0.15, -0.1) is 0 Å². The first-order chi connectivity index (χ1) is 15.2. The highest BCUT2D eigenvalue weighted by Crippen LogP contribution is 2.34. The van der Waals surface area contributed by atoms with E-state index in [1.165, 1.54) is 22.8 Å². The normalized spacial score (nSPS) is 13.7. The number of benzene rings is 2. The number of fused-ring (bicyclic) bond motifs is 1. The van der Waals surface area contributed by atoms with Crippen LogP contribution >= 0.6 is 0 Å². The molecule has 1 unspecified atom stereocenters. The molecular formula is C23H20F3N5O. The van der Waals surface area contributed by atoms with Crippen molar-refractivity contribution in [3.8, 4) is 11.1 Å². The lowest BCUT2D eigenvalue weighted by Gasteiger charge is -2.28. The highest BCUT2D eigenvalue weighted by Gasteiger charge is 2.38. The lowest BCUT2D eigenvalue weighted by Crippen LogP contribution is -2.47. The van der Waals surface area contributed by atoms with Crippen LogP contribution in [0.4, 0.5) is 13.2 Å². The van der Waals surface area contributed by atoms with Gasteiger partial charge in [0.05, 0.1) is 22.9 Å². The second-order valence-corrected chi connectivity index (χ2v) is 7.67. The number of carbonyl (C=O) groups excluding carboxylic acids is 1. The van der Waals surface area contributed by atoms with Crippen molar-refractivity contribution in [2.45, 2.75) is 24.9 Å². The van der Waals surface area contributed by atoms with E-state index in [1.807, 2.05) is 30.3 Å². The number of hydrogen-bond acceptors (Lipinski definition) is 4. The van der Waals surface area contributed by atoms with Crippen LogP contribution in [0, 0.1) is 0 Å². The average Bonchev–Trinajstić information content (AvgIpc) is 3.23. The third-order valence-corrected chi connectivity index (χ3v) is 5.52. The Hall–Kier alpha value is -3.72.